The Balaban J connectivity index is 1.99. The molecule has 2 atom stereocenters. The largest absolute Gasteiger partial charge is 0.344 e. The van der Waals surface area contributed by atoms with Crippen molar-refractivity contribution in [2.45, 2.75) is 31.3 Å². The Morgan fingerprint density at radius 2 is 2.06 bits per heavy atom. The number of amides is 2. The van der Waals surface area contributed by atoms with Gasteiger partial charge in [0.15, 0.2) is 0 Å². The van der Waals surface area contributed by atoms with Crippen LogP contribution in [0.2, 0.25) is 0 Å². The van der Waals surface area contributed by atoms with Gasteiger partial charge < -0.3 is 15.1 Å². The van der Waals surface area contributed by atoms with Crippen molar-refractivity contribution in [2.24, 2.45) is 0 Å². The third-order valence-corrected chi connectivity index (χ3v) is 3.63. The van der Waals surface area contributed by atoms with Gasteiger partial charge in [0.25, 0.3) is 0 Å². The van der Waals surface area contributed by atoms with Crippen LogP contribution in [0.15, 0.2) is 0 Å². The van der Waals surface area contributed by atoms with Gasteiger partial charge in [0.05, 0.1) is 6.04 Å². The lowest BCUT2D eigenvalue weighted by atomic mass is 10.0. The minimum absolute atomic E-state index is 0.0251. The topological polar surface area (TPSA) is 52.7 Å². The van der Waals surface area contributed by atoms with E-state index in [9.17, 15) is 9.59 Å². The van der Waals surface area contributed by atoms with Gasteiger partial charge in [-0.25, -0.2) is 0 Å². The van der Waals surface area contributed by atoms with Gasteiger partial charge in [0, 0.05) is 32.6 Å². The Morgan fingerprint density at radius 3 is 2.62 bits per heavy atom. The Hall–Kier alpha value is -1.10. The van der Waals surface area contributed by atoms with Crippen LogP contribution in [-0.4, -0.2) is 60.9 Å². The van der Waals surface area contributed by atoms with Crippen molar-refractivity contribution in [2.75, 3.05) is 27.2 Å². The average molecular weight is 225 g/mol. The molecule has 5 heteroatoms. The summed E-state index contributed by atoms with van der Waals surface area (Å²) in [6.45, 7) is 1.50. The standard InChI is InChI=1S/C11H19N3O2/c1-12-9-5-6-14(11(9)16)8-3-4-10(15)13(2)7-8/h8-9,12H,3-7H2,1-2H3. The van der Waals surface area contributed by atoms with Crippen molar-refractivity contribution < 1.29 is 9.59 Å². The quantitative estimate of drug-likeness (QED) is 0.684. The number of rotatable bonds is 2. The van der Waals surface area contributed by atoms with Crippen molar-refractivity contribution in [1.29, 1.82) is 0 Å². The van der Waals surface area contributed by atoms with Gasteiger partial charge >= 0.3 is 0 Å². The maximum atomic E-state index is 12.0. The third kappa shape index (κ3) is 1.91. The van der Waals surface area contributed by atoms with E-state index in [1.165, 1.54) is 0 Å². The normalized spacial score (nSPS) is 31.4. The predicted octanol–water partition coefficient (Wildman–Crippen LogP) is -0.572. The number of nitrogens with zero attached hydrogens (tertiary/aromatic N) is 2. The van der Waals surface area contributed by atoms with Crippen LogP contribution in [0, 0.1) is 0 Å². The van der Waals surface area contributed by atoms with Gasteiger partial charge in [-0.05, 0) is 19.9 Å². The van der Waals surface area contributed by atoms with Crippen LogP contribution < -0.4 is 5.32 Å². The van der Waals surface area contributed by atoms with E-state index >= 15 is 0 Å². The van der Waals surface area contributed by atoms with Crippen molar-refractivity contribution in [3.05, 3.63) is 0 Å². The average Bonchev–Trinajstić information content (AvgIpc) is 2.64. The van der Waals surface area contributed by atoms with E-state index in [1.54, 1.807) is 4.90 Å². The number of likely N-dealkylation sites (tertiary alicyclic amines) is 2. The van der Waals surface area contributed by atoms with Crippen molar-refractivity contribution in [3.8, 4) is 0 Å². The fourth-order valence-electron chi connectivity index (χ4n) is 2.58. The zero-order valence-corrected chi connectivity index (χ0v) is 9.90. The van der Waals surface area contributed by atoms with Crippen LogP contribution in [0.1, 0.15) is 19.3 Å². The lowest BCUT2D eigenvalue weighted by Crippen LogP contribution is -2.50. The van der Waals surface area contributed by atoms with Crippen LogP contribution in [0.4, 0.5) is 0 Å². The second-order valence-corrected chi connectivity index (χ2v) is 4.63. The van der Waals surface area contributed by atoms with Gasteiger partial charge in [-0.1, -0.05) is 0 Å². The molecular formula is C11H19N3O2. The van der Waals surface area contributed by atoms with Crippen LogP contribution in [-0.2, 0) is 9.59 Å². The number of carbonyl (C=O) groups is 2. The molecule has 0 spiro atoms. The summed E-state index contributed by atoms with van der Waals surface area (Å²) in [4.78, 5) is 27.0. The molecule has 2 amide bonds. The molecule has 2 aliphatic rings. The first kappa shape index (κ1) is 11.4. The zero-order chi connectivity index (χ0) is 11.7. The molecule has 0 bridgehead atoms. The fourth-order valence-corrected chi connectivity index (χ4v) is 2.58. The number of nitrogens with one attached hydrogen (secondary N) is 1. The van der Waals surface area contributed by atoms with E-state index in [2.05, 4.69) is 5.32 Å². The number of carbonyl (C=O) groups excluding carboxylic acids is 2. The summed E-state index contributed by atoms with van der Waals surface area (Å²) < 4.78 is 0. The molecule has 0 saturated carbocycles. The lowest BCUT2D eigenvalue weighted by molar-refractivity contribution is -0.139. The summed E-state index contributed by atoms with van der Waals surface area (Å²) in [7, 11) is 3.63. The Morgan fingerprint density at radius 1 is 1.31 bits per heavy atom. The van der Waals surface area contributed by atoms with Gasteiger partial charge in [-0.2, -0.15) is 0 Å². The summed E-state index contributed by atoms with van der Waals surface area (Å²) in [5.41, 5.74) is 0. The summed E-state index contributed by atoms with van der Waals surface area (Å²) in [6.07, 6.45) is 2.25. The highest BCUT2D eigenvalue weighted by Gasteiger charge is 2.37. The molecule has 0 aliphatic carbocycles. The monoisotopic (exact) mass is 225 g/mol. The smallest absolute Gasteiger partial charge is 0.240 e. The van der Waals surface area contributed by atoms with Crippen molar-refractivity contribution in [1.82, 2.24) is 15.1 Å². The molecule has 16 heavy (non-hydrogen) atoms. The molecule has 0 aromatic rings. The van der Waals surface area contributed by atoms with Gasteiger partial charge in [-0.3, -0.25) is 9.59 Å². The molecule has 0 aromatic heterocycles. The summed E-state index contributed by atoms with van der Waals surface area (Å²) in [5.74, 6) is 0.378. The maximum absolute atomic E-state index is 12.0. The molecular weight excluding hydrogens is 206 g/mol. The first-order valence-corrected chi connectivity index (χ1v) is 5.85. The molecule has 2 unspecified atom stereocenters. The van der Waals surface area contributed by atoms with Crippen LogP contribution >= 0.6 is 0 Å². The third-order valence-electron chi connectivity index (χ3n) is 3.63. The molecule has 90 valence electrons. The van der Waals surface area contributed by atoms with E-state index in [0.29, 0.717) is 13.0 Å². The van der Waals surface area contributed by atoms with Crippen molar-refractivity contribution >= 4 is 11.8 Å². The van der Waals surface area contributed by atoms with E-state index < -0.39 is 0 Å². The second kappa shape index (κ2) is 4.41. The number of hydrogen-bond donors (Lipinski definition) is 1. The minimum atomic E-state index is -0.0251. The maximum Gasteiger partial charge on any atom is 0.240 e. The SMILES string of the molecule is CNC1CCN(C2CCC(=O)N(C)C2)C1=O. The highest BCUT2D eigenvalue weighted by molar-refractivity contribution is 5.84. The second-order valence-electron chi connectivity index (χ2n) is 4.63. The summed E-state index contributed by atoms with van der Waals surface area (Å²) in [6, 6.07) is 0.191. The molecule has 5 nitrogen and oxygen atoms in total. The fraction of sp³-hybridized carbons (Fsp3) is 0.818. The van der Waals surface area contributed by atoms with Gasteiger partial charge in [0.1, 0.15) is 0 Å². The number of likely N-dealkylation sites (N-methyl/N-ethyl adjacent to an activating group) is 2. The lowest BCUT2D eigenvalue weighted by Gasteiger charge is -2.35. The first-order valence-electron chi connectivity index (χ1n) is 5.85. The summed E-state index contributed by atoms with van der Waals surface area (Å²) >= 11 is 0. The van der Waals surface area contributed by atoms with Gasteiger partial charge in [0.2, 0.25) is 11.8 Å². The number of piperidine rings is 1. The highest BCUT2D eigenvalue weighted by atomic mass is 16.2. The number of hydrogen-bond acceptors (Lipinski definition) is 3. The zero-order valence-electron chi connectivity index (χ0n) is 9.90. The molecule has 2 fully saturated rings. The van der Waals surface area contributed by atoms with Gasteiger partial charge in [-0.15, -0.1) is 0 Å². The Bertz CT molecular complexity index is 306. The minimum Gasteiger partial charge on any atom is -0.344 e. The summed E-state index contributed by atoms with van der Waals surface area (Å²) in [5, 5.41) is 3.03. The van der Waals surface area contributed by atoms with E-state index in [4.69, 9.17) is 0 Å². The molecule has 2 heterocycles. The molecule has 0 radical (unpaired) electrons. The molecule has 2 aliphatic heterocycles. The van der Waals surface area contributed by atoms with Crippen LogP contribution in [0.25, 0.3) is 0 Å². The van der Waals surface area contributed by atoms with E-state index in [0.717, 1.165) is 19.4 Å². The Kier molecular flexibility index (Phi) is 3.14. The molecule has 2 rings (SSSR count). The Labute approximate surface area is 95.8 Å². The first-order chi connectivity index (χ1) is 7.63. The van der Waals surface area contributed by atoms with Crippen LogP contribution in [0.5, 0.6) is 0 Å². The predicted molar refractivity (Wildman–Crippen MR) is 59.8 cm³/mol. The van der Waals surface area contributed by atoms with Crippen LogP contribution in [0.3, 0.4) is 0 Å². The molecule has 0 aromatic carbocycles. The van der Waals surface area contributed by atoms with E-state index in [1.807, 2.05) is 19.0 Å². The highest BCUT2D eigenvalue weighted by Crippen LogP contribution is 2.21. The van der Waals surface area contributed by atoms with Crippen molar-refractivity contribution in [3.63, 3.8) is 0 Å². The molecule has 1 N–H and O–H groups in total. The molecule has 2 saturated heterocycles. The van der Waals surface area contributed by atoms with E-state index in [-0.39, 0.29) is 23.9 Å².